The third-order valence-corrected chi connectivity index (χ3v) is 4.89. The number of rotatable bonds is 6. The van der Waals surface area contributed by atoms with Crippen molar-refractivity contribution in [3.8, 4) is 0 Å². The van der Waals surface area contributed by atoms with Crippen LogP contribution in [0.5, 0.6) is 0 Å². The van der Waals surface area contributed by atoms with Gasteiger partial charge >= 0.3 is 0 Å². The van der Waals surface area contributed by atoms with Gasteiger partial charge in [-0.25, -0.2) is 0 Å². The summed E-state index contributed by atoms with van der Waals surface area (Å²) in [6, 6.07) is 3.81. The van der Waals surface area contributed by atoms with E-state index in [1.165, 1.54) is 11.3 Å². The summed E-state index contributed by atoms with van der Waals surface area (Å²) in [5.41, 5.74) is -0.163. The van der Waals surface area contributed by atoms with E-state index in [0.717, 1.165) is 30.6 Å². The van der Waals surface area contributed by atoms with Crippen LogP contribution < -0.4 is 5.32 Å². The molecule has 1 aromatic heterocycles. The molecule has 19 heavy (non-hydrogen) atoms. The molecule has 1 fully saturated rings. The van der Waals surface area contributed by atoms with Crippen LogP contribution >= 0.6 is 11.3 Å². The monoisotopic (exact) mass is 281 g/mol. The van der Waals surface area contributed by atoms with E-state index in [2.05, 4.69) is 19.2 Å². The van der Waals surface area contributed by atoms with Crippen molar-refractivity contribution in [2.75, 3.05) is 6.54 Å². The summed E-state index contributed by atoms with van der Waals surface area (Å²) in [7, 11) is 0. The molecule has 2 N–H and O–H groups in total. The van der Waals surface area contributed by atoms with Crippen LogP contribution in [0.2, 0.25) is 0 Å². The maximum atomic E-state index is 12.3. The fourth-order valence-electron chi connectivity index (χ4n) is 2.87. The Balaban J connectivity index is 1.86. The van der Waals surface area contributed by atoms with Gasteiger partial charge in [-0.05, 0) is 36.6 Å². The van der Waals surface area contributed by atoms with Crippen LogP contribution in [0.4, 0.5) is 0 Å². The average molecular weight is 281 g/mol. The molecule has 3 nitrogen and oxygen atoms in total. The molecular weight excluding hydrogens is 258 g/mol. The molecular formula is C15H23NO2S. The first-order valence-electron chi connectivity index (χ1n) is 7.03. The minimum Gasteiger partial charge on any atom is -0.386 e. The molecule has 0 spiro atoms. The lowest BCUT2D eigenvalue weighted by atomic mass is 9.64. The molecule has 4 heteroatoms. The van der Waals surface area contributed by atoms with Crippen molar-refractivity contribution >= 4 is 17.2 Å². The zero-order valence-corrected chi connectivity index (χ0v) is 12.5. The molecule has 1 saturated carbocycles. The van der Waals surface area contributed by atoms with Gasteiger partial charge in [0.05, 0.1) is 0 Å². The quantitative estimate of drug-likeness (QED) is 0.841. The lowest BCUT2D eigenvalue weighted by Crippen LogP contribution is -2.47. The van der Waals surface area contributed by atoms with Crippen LogP contribution in [0.15, 0.2) is 17.5 Å². The van der Waals surface area contributed by atoms with Crippen LogP contribution in [0.3, 0.4) is 0 Å². The molecule has 1 aliphatic rings. The first-order chi connectivity index (χ1) is 9.03. The number of hydrogen-bond acceptors (Lipinski definition) is 3. The van der Waals surface area contributed by atoms with Crippen LogP contribution in [0.25, 0.3) is 0 Å². The van der Waals surface area contributed by atoms with E-state index < -0.39 is 6.10 Å². The topological polar surface area (TPSA) is 49.3 Å². The number of carbonyl (C=O) groups is 1. The third kappa shape index (κ3) is 3.37. The second kappa shape index (κ2) is 6.06. The highest BCUT2D eigenvalue weighted by Crippen LogP contribution is 2.46. The number of aliphatic hydroxyl groups is 1. The minimum atomic E-state index is -0.583. The van der Waals surface area contributed by atoms with E-state index in [-0.39, 0.29) is 11.3 Å². The normalized spacial score (nSPS) is 18.9. The van der Waals surface area contributed by atoms with Crippen molar-refractivity contribution in [2.45, 2.75) is 45.6 Å². The third-order valence-electron chi connectivity index (χ3n) is 3.92. The van der Waals surface area contributed by atoms with Crippen molar-refractivity contribution in [3.05, 3.63) is 22.4 Å². The van der Waals surface area contributed by atoms with Crippen LogP contribution in [0.1, 0.15) is 50.5 Å². The standard InChI is InChI=1S/C15H23NO2S/c1-11(2)9-15(6-4-7-15)14(18)16-10-12(17)13-5-3-8-19-13/h3,5,8,11-12,17H,4,6-7,9-10H2,1-2H3,(H,16,18). The molecule has 0 saturated heterocycles. The second-order valence-electron chi connectivity index (χ2n) is 5.97. The van der Waals surface area contributed by atoms with Crippen molar-refractivity contribution in [1.29, 1.82) is 0 Å². The molecule has 1 heterocycles. The predicted molar refractivity (Wildman–Crippen MR) is 78.0 cm³/mol. The summed E-state index contributed by atoms with van der Waals surface area (Å²) in [5.74, 6) is 0.663. The van der Waals surface area contributed by atoms with Gasteiger partial charge in [0.2, 0.25) is 5.91 Å². The largest absolute Gasteiger partial charge is 0.386 e. The van der Waals surface area contributed by atoms with Crippen molar-refractivity contribution in [1.82, 2.24) is 5.32 Å². The van der Waals surface area contributed by atoms with Gasteiger partial charge in [-0.3, -0.25) is 4.79 Å². The van der Waals surface area contributed by atoms with E-state index in [9.17, 15) is 9.90 Å². The van der Waals surface area contributed by atoms with Gasteiger partial charge in [-0.15, -0.1) is 11.3 Å². The Morgan fingerprint density at radius 2 is 2.26 bits per heavy atom. The first-order valence-corrected chi connectivity index (χ1v) is 7.91. The van der Waals surface area contributed by atoms with Crippen LogP contribution in [-0.4, -0.2) is 17.6 Å². The highest BCUT2D eigenvalue weighted by atomic mass is 32.1. The van der Waals surface area contributed by atoms with Gasteiger partial charge in [0.1, 0.15) is 6.10 Å². The molecule has 0 radical (unpaired) electrons. The summed E-state index contributed by atoms with van der Waals surface area (Å²) in [6.45, 7) is 4.64. The van der Waals surface area contributed by atoms with E-state index in [1.54, 1.807) is 0 Å². The van der Waals surface area contributed by atoms with Gasteiger partial charge in [0, 0.05) is 16.8 Å². The molecule has 1 atom stereocenters. The van der Waals surface area contributed by atoms with Gasteiger partial charge < -0.3 is 10.4 Å². The zero-order chi connectivity index (χ0) is 13.9. The lowest BCUT2D eigenvalue weighted by molar-refractivity contribution is -0.137. The van der Waals surface area contributed by atoms with E-state index >= 15 is 0 Å². The van der Waals surface area contributed by atoms with Crippen molar-refractivity contribution in [2.24, 2.45) is 11.3 Å². The molecule has 1 aromatic rings. The molecule has 2 rings (SSSR count). The Hall–Kier alpha value is -0.870. The summed E-state index contributed by atoms with van der Waals surface area (Å²) < 4.78 is 0. The Labute approximate surface area is 119 Å². The van der Waals surface area contributed by atoms with Crippen molar-refractivity contribution < 1.29 is 9.90 Å². The van der Waals surface area contributed by atoms with E-state index in [4.69, 9.17) is 0 Å². The zero-order valence-electron chi connectivity index (χ0n) is 11.7. The van der Waals surface area contributed by atoms with E-state index in [1.807, 2.05) is 17.5 Å². The van der Waals surface area contributed by atoms with Gasteiger partial charge in [-0.1, -0.05) is 26.3 Å². The SMILES string of the molecule is CC(C)CC1(C(=O)NCC(O)c2cccs2)CCC1. The smallest absolute Gasteiger partial charge is 0.226 e. The van der Waals surface area contributed by atoms with Gasteiger partial charge in [0.15, 0.2) is 0 Å². The highest BCUT2D eigenvalue weighted by Gasteiger charge is 2.44. The summed E-state index contributed by atoms with van der Waals surface area (Å²) in [6.07, 6.45) is 3.50. The molecule has 0 aliphatic heterocycles. The Morgan fingerprint density at radius 1 is 1.53 bits per heavy atom. The summed E-state index contributed by atoms with van der Waals surface area (Å²) in [4.78, 5) is 13.2. The minimum absolute atomic E-state index is 0.128. The molecule has 0 bridgehead atoms. The van der Waals surface area contributed by atoms with Crippen LogP contribution in [-0.2, 0) is 4.79 Å². The fourth-order valence-corrected chi connectivity index (χ4v) is 3.58. The molecule has 1 unspecified atom stereocenters. The highest BCUT2D eigenvalue weighted by molar-refractivity contribution is 7.10. The number of carbonyl (C=O) groups excluding carboxylic acids is 1. The maximum Gasteiger partial charge on any atom is 0.226 e. The second-order valence-corrected chi connectivity index (χ2v) is 6.95. The number of thiophene rings is 1. The molecule has 106 valence electrons. The Kier molecular flexibility index (Phi) is 4.63. The number of hydrogen-bond donors (Lipinski definition) is 2. The Morgan fingerprint density at radius 3 is 2.74 bits per heavy atom. The number of aliphatic hydroxyl groups excluding tert-OH is 1. The van der Waals surface area contributed by atoms with Crippen molar-refractivity contribution in [3.63, 3.8) is 0 Å². The fraction of sp³-hybridized carbons (Fsp3) is 0.667. The Bertz CT molecular complexity index is 410. The summed E-state index contributed by atoms with van der Waals surface area (Å²) in [5, 5.41) is 14.9. The van der Waals surface area contributed by atoms with Crippen LogP contribution in [0, 0.1) is 11.3 Å². The number of nitrogens with one attached hydrogen (secondary N) is 1. The first kappa shape index (κ1) is 14.5. The maximum absolute atomic E-state index is 12.3. The molecule has 0 aromatic carbocycles. The summed E-state index contributed by atoms with van der Waals surface area (Å²) >= 11 is 1.52. The average Bonchev–Trinajstić information content (AvgIpc) is 2.83. The number of amides is 1. The lowest BCUT2D eigenvalue weighted by Gasteiger charge is -2.41. The molecule has 1 amide bonds. The van der Waals surface area contributed by atoms with Gasteiger partial charge in [-0.2, -0.15) is 0 Å². The predicted octanol–water partition coefficient (Wildman–Crippen LogP) is 3.11. The van der Waals surface area contributed by atoms with Gasteiger partial charge in [0.25, 0.3) is 0 Å². The van der Waals surface area contributed by atoms with E-state index in [0.29, 0.717) is 12.5 Å². The molecule has 1 aliphatic carbocycles.